The fourth-order valence-corrected chi connectivity index (χ4v) is 2.67. The lowest BCUT2D eigenvalue weighted by Gasteiger charge is -2.19. The molecule has 0 aromatic carbocycles. The number of imidazole rings is 1. The van der Waals surface area contributed by atoms with Gasteiger partial charge in [0.2, 0.25) is 5.82 Å². The van der Waals surface area contributed by atoms with Crippen molar-refractivity contribution in [1.29, 1.82) is 0 Å². The van der Waals surface area contributed by atoms with E-state index >= 15 is 0 Å². The summed E-state index contributed by atoms with van der Waals surface area (Å²) in [6, 6.07) is 0. The van der Waals surface area contributed by atoms with Gasteiger partial charge in [-0.3, -0.25) is 4.79 Å². The number of carbonyl (C=O) groups excluding carboxylic acids is 1. The molecular weight excluding hydrogens is 284 g/mol. The molecule has 2 aromatic heterocycles. The molecule has 2 rings (SSSR count). The van der Waals surface area contributed by atoms with Gasteiger partial charge in [-0.25, -0.2) is 0 Å². The molecule has 0 aliphatic heterocycles. The van der Waals surface area contributed by atoms with Crippen molar-refractivity contribution in [2.24, 2.45) is 5.92 Å². The number of thiazole rings is 1. The average molecular weight is 298 g/mol. The minimum atomic E-state index is -0.471. The normalized spacial score (nSPS) is 12.3. The molecule has 20 heavy (non-hydrogen) atoms. The van der Waals surface area contributed by atoms with Gasteiger partial charge in [0.25, 0.3) is 4.96 Å². The number of hydrogen-bond donors (Lipinski definition) is 0. The summed E-state index contributed by atoms with van der Waals surface area (Å²) in [6.07, 6.45) is 1.60. The van der Waals surface area contributed by atoms with Gasteiger partial charge in [-0.2, -0.15) is 9.38 Å². The minimum absolute atomic E-state index is 0.0965. The summed E-state index contributed by atoms with van der Waals surface area (Å²) in [5.41, 5.74) is 0. The zero-order valence-corrected chi connectivity index (χ0v) is 12.1. The first-order valence-electron chi connectivity index (χ1n) is 5.84. The molecule has 0 radical (unpaired) electrons. The van der Waals surface area contributed by atoms with Crippen molar-refractivity contribution in [2.75, 3.05) is 25.6 Å². The summed E-state index contributed by atoms with van der Waals surface area (Å²) < 4.78 is 6.08. The third-order valence-electron chi connectivity index (χ3n) is 2.90. The lowest BCUT2D eigenvalue weighted by molar-refractivity contribution is -0.389. The van der Waals surface area contributed by atoms with E-state index in [-0.39, 0.29) is 17.6 Å². The van der Waals surface area contributed by atoms with Crippen molar-refractivity contribution < 1.29 is 14.5 Å². The number of nitrogens with zero attached hydrogens (tertiary/aromatic N) is 4. The van der Waals surface area contributed by atoms with Crippen LogP contribution in [-0.2, 0) is 9.53 Å². The maximum absolute atomic E-state index is 11.4. The number of carbonyl (C=O) groups is 1. The van der Waals surface area contributed by atoms with Crippen LogP contribution in [0.4, 0.5) is 11.6 Å². The Kier molecular flexibility index (Phi) is 3.89. The Morgan fingerprint density at radius 3 is 3.00 bits per heavy atom. The van der Waals surface area contributed by atoms with Gasteiger partial charge in [-0.05, 0) is 4.92 Å². The Labute approximate surface area is 118 Å². The molecule has 2 heterocycles. The first kappa shape index (κ1) is 14.3. The zero-order chi connectivity index (χ0) is 14.9. The molecule has 0 aliphatic rings. The number of fused-ring (bicyclic) bond motifs is 1. The third kappa shape index (κ3) is 2.44. The fourth-order valence-electron chi connectivity index (χ4n) is 1.96. The third-order valence-corrected chi connectivity index (χ3v) is 3.66. The SMILES string of the molecule is COC(=O)C(C)CN(C)c1nc2sccn2c1[N+](=O)[O-]. The molecule has 1 unspecified atom stereocenters. The quantitative estimate of drug-likeness (QED) is 0.472. The van der Waals surface area contributed by atoms with Gasteiger partial charge in [0.15, 0.2) is 0 Å². The summed E-state index contributed by atoms with van der Waals surface area (Å²) >= 11 is 1.32. The van der Waals surface area contributed by atoms with E-state index in [1.165, 1.54) is 22.8 Å². The number of rotatable bonds is 5. The largest absolute Gasteiger partial charge is 0.469 e. The van der Waals surface area contributed by atoms with E-state index in [1.807, 2.05) is 0 Å². The minimum Gasteiger partial charge on any atom is -0.469 e. The molecular formula is C11H14N4O4S. The Bertz CT molecular complexity index is 650. The number of nitro groups is 1. The van der Waals surface area contributed by atoms with Crippen LogP contribution < -0.4 is 4.90 Å². The molecule has 8 nitrogen and oxygen atoms in total. The first-order chi connectivity index (χ1) is 9.45. The molecule has 0 saturated heterocycles. The molecule has 0 aliphatic carbocycles. The van der Waals surface area contributed by atoms with Gasteiger partial charge in [-0.1, -0.05) is 18.3 Å². The summed E-state index contributed by atoms with van der Waals surface area (Å²) in [7, 11) is 2.98. The van der Waals surface area contributed by atoms with Gasteiger partial charge in [0, 0.05) is 19.0 Å². The Morgan fingerprint density at radius 1 is 1.70 bits per heavy atom. The van der Waals surface area contributed by atoms with E-state index < -0.39 is 10.8 Å². The molecule has 1 atom stereocenters. The second kappa shape index (κ2) is 5.45. The molecule has 2 aromatic rings. The number of methoxy groups -OCH3 is 1. The highest BCUT2D eigenvalue weighted by Gasteiger charge is 2.28. The van der Waals surface area contributed by atoms with Crippen LogP contribution in [0.1, 0.15) is 6.92 Å². The van der Waals surface area contributed by atoms with E-state index in [0.29, 0.717) is 11.5 Å². The molecule has 108 valence electrons. The van der Waals surface area contributed by atoms with Crippen LogP contribution in [0.2, 0.25) is 0 Å². The second-order valence-corrected chi connectivity index (χ2v) is 5.25. The summed E-state index contributed by atoms with van der Waals surface area (Å²) in [6.45, 7) is 1.99. The van der Waals surface area contributed by atoms with Gasteiger partial charge in [-0.15, -0.1) is 0 Å². The lowest BCUT2D eigenvalue weighted by atomic mass is 10.2. The maximum atomic E-state index is 11.4. The second-order valence-electron chi connectivity index (χ2n) is 4.38. The van der Waals surface area contributed by atoms with Crippen LogP contribution in [0.15, 0.2) is 11.6 Å². The molecule has 0 spiro atoms. The molecule has 0 amide bonds. The lowest BCUT2D eigenvalue weighted by Crippen LogP contribution is -2.29. The zero-order valence-electron chi connectivity index (χ0n) is 11.3. The summed E-state index contributed by atoms with van der Waals surface area (Å²) in [5.74, 6) is -0.608. The van der Waals surface area contributed by atoms with E-state index in [1.54, 1.807) is 30.4 Å². The van der Waals surface area contributed by atoms with E-state index in [4.69, 9.17) is 0 Å². The predicted octanol–water partition coefficient (Wildman–Crippen LogP) is 1.55. The van der Waals surface area contributed by atoms with Crippen molar-refractivity contribution >= 4 is 33.9 Å². The predicted molar refractivity (Wildman–Crippen MR) is 74.2 cm³/mol. The van der Waals surface area contributed by atoms with Crippen LogP contribution in [0.25, 0.3) is 4.96 Å². The van der Waals surface area contributed by atoms with Crippen molar-refractivity contribution in [2.45, 2.75) is 6.92 Å². The van der Waals surface area contributed by atoms with Gasteiger partial charge in [0.05, 0.1) is 13.0 Å². The number of aromatic nitrogens is 2. The van der Waals surface area contributed by atoms with Gasteiger partial charge < -0.3 is 19.8 Å². The number of anilines is 1. The fraction of sp³-hybridized carbons (Fsp3) is 0.455. The highest BCUT2D eigenvalue weighted by molar-refractivity contribution is 7.15. The summed E-state index contributed by atoms with van der Waals surface area (Å²) in [4.78, 5) is 28.5. The summed E-state index contributed by atoms with van der Waals surface area (Å²) in [5, 5.41) is 12.9. The highest BCUT2D eigenvalue weighted by Crippen LogP contribution is 2.30. The molecule has 0 N–H and O–H groups in total. The van der Waals surface area contributed by atoms with Gasteiger partial charge >= 0.3 is 11.8 Å². The van der Waals surface area contributed by atoms with E-state index in [9.17, 15) is 14.9 Å². The van der Waals surface area contributed by atoms with Crippen LogP contribution in [0.3, 0.4) is 0 Å². The molecule has 0 saturated carbocycles. The number of hydrogen-bond acceptors (Lipinski definition) is 7. The highest BCUT2D eigenvalue weighted by atomic mass is 32.1. The Hall–Kier alpha value is -2.16. The van der Waals surface area contributed by atoms with Crippen LogP contribution in [-0.4, -0.2) is 41.0 Å². The number of esters is 1. The van der Waals surface area contributed by atoms with Crippen molar-refractivity contribution in [3.8, 4) is 0 Å². The van der Waals surface area contributed by atoms with Crippen molar-refractivity contribution in [3.05, 3.63) is 21.7 Å². The maximum Gasteiger partial charge on any atom is 0.373 e. The van der Waals surface area contributed by atoms with Crippen LogP contribution in [0, 0.1) is 16.0 Å². The molecule has 0 bridgehead atoms. The first-order valence-corrected chi connectivity index (χ1v) is 6.72. The van der Waals surface area contributed by atoms with Crippen molar-refractivity contribution in [1.82, 2.24) is 9.38 Å². The smallest absolute Gasteiger partial charge is 0.373 e. The standard InChI is InChI=1S/C11H14N4O4S/c1-7(10(16)19-3)6-13(2)8-9(15(17)18)14-4-5-20-11(14)12-8/h4-5,7H,6H2,1-3H3. The number of ether oxygens (including phenoxy) is 1. The topological polar surface area (TPSA) is 90.0 Å². The average Bonchev–Trinajstić information content (AvgIpc) is 2.96. The van der Waals surface area contributed by atoms with E-state index in [0.717, 1.165) is 0 Å². The molecule has 9 heteroatoms. The Balaban J connectivity index is 2.32. The monoisotopic (exact) mass is 298 g/mol. The van der Waals surface area contributed by atoms with Gasteiger partial charge in [0.1, 0.15) is 6.20 Å². The van der Waals surface area contributed by atoms with E-state index in [2.05, 4.69) is 9.72 Å². The van der Waals surface area contributed by atoms with Crippen molar-refractivity contribution in [3.63, 3.8) is 0 Å². The molecule has 0 fully saturated rings. The van der Waals surface area contributed by atoms with Crippen LogP contribution in [0.5, 0.6) is 0 Å². The Morgan fingerprint density at radius 2 is 2.40 bits per heavy atom. The van der Waals surface area contributed by atoms with Crippen LogP contribution >= 0.6 is 11.3 Å².